The van der Waals surface area contributed by atoms with E-state index < -0.39 is 0 Å². The van der Waals surface area contributed by atoms with Crippen LogP contribution in [0.1, 0.15) is 25.8 Å². The molecule has 0 aromatic heterocycles. The number of benzene rings is 1. The lowest BCUT2D eigenvalue weighted by Crippen LogP contribution is -2.42. The van der Waals surface area contributed by atoms with Gasteiger partial charge in [0.25, 0.3) is 0 Å². The summed E-state index contributed by atoms with van der Waals surface area (Å²) in [6.07, 6.45) is 0.972. The van der Waals surface area contributed by atoms with Crippen molar-refractivity contribution in [3.05, 3.63) is 28.2 Å². The summed E-state index contributed by atoms with van der Waals surface area (Å²) in [5.74, 6) is 0.925. The number of methoxy groups -OCH3 is 1. The van der Waals surface area contributed by atoms with E-state index in [0.717, 1.165) is 23.2 Å². The summed E-state index contributed by atoms with van der Waals surface area (Å²) in [4.78, 5) is 2.31. The molecule has 0 unspecified atom stereocenters. The molecule has 0 atom stereocenters. The van der Waals surface area contributed by atoms with Crippen molar-refractivity contribution >= 4 is 15.9 Å². The second-order valence-corrected chi connectivity index (χ2v) is 6.08. The molecule has 0 heterocycles. The van der Waals surface area contributed by atoms with Crippen molar-refractivity contribution in [2.45, 2.75) is 32.4 Å². The molecule has 102 valence electrons. The summed E-state index contributed by atoms with van der Waals surface area (Å²) in [6, 6.07) is 6.09. The monoisotopic (exact) mass is 314 g/mol. The summed E-state index contributed by atoms with van der Waals surface area (Å²) >= 11 is 3.50. The van der Waals surface area contributed by atoms with Crippen LogP contribution in [0.15, 0.2) is 22.7 Å². The van der Waals surface area contributed by atoms with Gasteiger partial charge >= 0.3 is 0 Å². The first-order valence-corrected chi connectivity index (χ1v) is 6.93. The zero-order valence-corrected chi connectivity index (χ0v) is 13.3. The van der Waals surface area contributed by atoms with Crippen LogP contribution < -0.4 is 10.5 Å². The first-order chi connectivity index (χ1) is 8.40. The predicted octanol–water partition coefficient (Wildman–Crippen LogP) is 3.02. The van der Waals surface area contributed by atoms with Gasteiger partial charge in [0.2, 0.25) is 0 Å². The largest absolute Gasteiger partial charge is 0.496 e. The number of halogens is 1. The van der Waals surface area contributed by atoms with Crippen LogP contribution in [0.4, 0.5) is 0 Å². The Bertz CT molecular complexity index is 393. The molecule has 0 fully saturated rings. The average molecular weight is 315 g/mol. The lowest BCUT2D eigenvalue weighted by molar-refractivity contribution is 0.138. The number of rotatable bonds is 6. The Labute approximate surface area is 118 Å². The predicted molar refractivity (Wildman–Crippen MR) is 79.9 cm³/mol. The van der Waals surface area contributed by atoms with Crippen molar-refractivity contribution in [2.75, 3.05) is 20.7 Å². The van der Waals surface area contributed by atoms with Crippen LogP contribution >= 0.6 is 15.9 Å². The zero-order chi connectivity index (χ0) is 13.8. The third kappa shape index (κ3) is 3.97. The molecule has 2 N–H and O–H groups in total. The third-order valence-electron chi connectivity index (χ3n) is 3.44. The maximum Gasteiger partial charge on any atom is 0.123 e. The van der Waals surface area contributed by atoms with Crippen molar-refractivity contribution in [3.8, 4) is 5.75 Å². The molecule has 1 aromatic carbocycles. The van der Waals surface area contributed by atoms with Crippen LogP contribution in [0.5, 0.6) is 5.75 Å². The van der Waals surface area contributed by atoms with E-state index in [0.29, 0.717) is 6.54 Å². The van der Waals surface area contributed by atoms with Gasteiger partial charge in [0, 0.05) is 22.1 Å². The van der Waals surface area contributed by atoms with Gasteiger partial charge in [-0.3, -0.25) is 4.90 Å². The van der Waals surface area contributed by atoms with Gasteiger partial charge < -0.3 is 10.5 Å². The van der Waals surface area contributed by atoms with Gasteiger partial charge in [0.1, 0.15) is 5.75 Å². The first kappa shape index (κ1) is 15.5. The summed E-state index contributed by atoms with van der Waals surface area (Å²) in [5.41, 5.74) is 6.93. The summed E-state index contributed by atoms with van der Waals surface area (Å²) < 4.78 is 6.47. The molecule has 0 saturated carbocycles. The smallest absolute Gasteiger partial charge is 0.123 e. The minimum absolute atomic E-state index is 0.0854. The average Bonchev–Trinajstić information content (AvgIpc) is 2.29. The Kier molecular flexibility index (Phi) is 5.63. The second-order valence-electron chi connectivity index (χ2n) is 5.16. The van der Waals surface area contributed by atoms with Gasteiger partial charge in [0.05, 0.1) is 7.11 Å². The molecule has 0 aliphatic heterocycles. The molecular weight excluding hydrogens is 292 g/mol. The number of hydrogen-bond acceptors (Lipinski definition) is 3. The first-order valence-electron chi connectivity index (χ1n) is 6.14. The zero-order valence-electron chi connectivity index (χ0n) is 11.7. The van der Waals surface area contributed by atoms with Crippen molar-refractivity contribution in [1.29, 1.82) is 0 Å². The fourth-order valence-electron chi connectivity index (χ4n) is 1.88. The molecule has 1 rings (SSSR count). The lowest BCUT2D eigenvalue weighted by Gasteiger charge is -2.35. The molecule has 0 amide bonds. The Morgan fingerprint density at radius 2 is 2.06 bits per heavy atom. The molecule has 1 aromatic rings. The summed E-state index contributed by atoms with van der Waals surface area (Å²) in [6.45, 7) is 5.97. The maximum atomic E-state index is 5.67. The number of nitrogens with two attached hydrogens (primary N) is 1. The Morgan fingerprint density at radius 1 is 1.39 bits per heavy atom. The van der Waals surface area contributed by atoms with Crippen LogP contribution in [0.2, 0.25) is 0 Å². The molecule has 4 heteroatoms. The van der Waals surface area contributed by atoms with Gasteiger partial charge in [0.15, 0.2) is 0 Å². The van der Waals surface area contributed by atoms with Crippen LogP contribution in [0.3, 0.4) is 0 Å². The van der Waals surface area contributed by atoms with Crippen molar-refractivity contribution in [2.24, 2.45) is 5.73 Å². The molecule has 0 saturated heterocycles. The van der Waals surface area contributed by atoms with Crippen LogP contribution in [0.25, 0.3) is 0 Å². The van der Waals surface area contributed by atoms with E-state index in [1.165, 1.54) is 5.56 Å². The van der Waals surface area contributed by atoms with Gasteiger partial charge in [-0.05, 0) is 52.1 Å². The van der Waals surface area contributed by atoms with Crippen molar-refractivity contribution in [3.63, 3.8) is 0 Å². The molecule has 0 aliphatic carbocycles. The highest BCUT2D eigenvalue weighted by Crippen LogP contribution is 2.27. The van der Waals surface area contributed by atoms with E-state index in [9.17, 15) is 0 Å². The molecule has 0 radical (unpaired) electrons. The van der Waals surface area contributed by atoms with Crippen molar-refractivity contribution in [1.82, 2.24) is 4.90 Å². The molecule has 3 nitrogen and oxygen atoms in total. The SMILES string of the molecule is COc1ccc(Br)cc1CN(C)C(C)(C)CCN. The minimum atomic E-state index is 0.0854. The van der Waals surface area contributed by atoms with Crippen LogP contribution in [-0.4, -0.2) is 31.1 Å². The maximum absolute atomic E-state index is 5.67. The quantitative estimate of drug-likeness (QED) is 0.877. The fraction of sp³-hybridized carbons (Fsp3) is 0.571. The normalized spacial score (nSPS) is 11.9. The van der Waals surface area contributed by atoms with Crippen molar-refractivity contribution < 1.29 is 4.74 Å². The van der Waals surface area contributed by atoms with Gasteiger partial charge in [-0.1, -0.05) is 15.9 Å². The molecule has 0 aliphatic rings. The Balaban J connectivity index is 2.86. The fourth-order valence-corrected chi connectivity index (χ4v) is 2.29. The van der Waals surface area contributed by atoms with Crippen LogP contribution in [-0.2, 0) is 6.54 Å². The molecule has 0 bridgehead atoms. The van der Waals surface area contributed by atoms with Gasteiger partial charge in [-0.2, -0.15) is 0 Å². The third-order valence-corrected chi connectivity index (χ3v) is 3.93. The number of ether oxygens (including phenoxy) is 1. The van der Waals surface area contributed by atoms with Crippen LogP contribution in [0, 0.1) is 0 Å². The number of nitrogens with zero attached hydrogens (tertiary/aromatic N) is 1. The molecular formula is C14H23BrN2O. The molecule has 0 spiro atoms. The standard InChI is InChI=1S/C14H23BrN2O/c1-14(2,7-8-16)17(3)10-11-9-12(15)5-6-13(11)18-4/h5-6,9H,7-8,10,16H2,1-4H3. The van der Waals surface area contributed by atoms with E-state index in [4.69, 9.17) is 10.5 Å². The second kappa shape index (κ2) is 6.55. The van der Waals surface area contributed by atoms with E-state index in [1.54, 1.807) is 7.11 Å². The van der Waals surface area contributed by atoms with E-state index >= 15 is 0 Å². The molecule has 18 heavy (non-hydrogen) atoms. The highest BCUT2D eigenvalue weighted by molar-refractivity contribution is 9.10. The summed E-state index contributed by atoms with van der Waals surface area (Å²) in [5, 5.41) is 0. The summed E-state index contributed by atoms with van der Waals surface area (Å²) in [7, 11) is 3.83. The topological polar surface area (TPSA) is 38.5 Å². The highest BCUT2D eigenvalue weighted by atomic mass is 79.9. The van der Waals surface area contributed by atoms with Gasteiger partial charge in [-0.15, -0.1) is 0 Å². The van der Waals surface area contributed by atoms with Gasteiger partial charge in [-0.25, -0.2) is 0 Å². The Hall–Kier alpha value is -0.580. The van der Waals surface area contributed by atoms with E-state index in [2.05, 4.69) is 47.8 Å². The Morgan fingerprint density at radius 3 is 2.61 bits per heavy atom. The lowest BCUT2D eigenvalue weighted by atomic mass is 9.98. The highest BCUT2D eigenvalue weighted by Gasteiger charge is 2.23. The number of hydrogen-bond donors (Lipinski definition) is 1. The van der Waals surface area contributed by atoms with E-state index in [1.807, 2.05) is 12.1 Å². The van der Waals surface area contributed by atoms with E-state index in [-0.39, 0.29) is 5.54 Å². The minimum Gasteiger partial charge on any atom is -0.496 e.